The number of benzene rings is 2. The van der Waals surface area contributed by atoms with Gasteiger partial charge in [-0.1, -0.05) is 48.5 Å². The van der Waals surface area contributed by atoms with Gasteiger partial charge in [0.15, 0.2) is 5.78 Å². The van der Waals surface area contributed by atoms with Crippen molar-refractivity contribution in [3.05, 3.63) is 71.8 Å². The summed E-state index contributed by atoms with van der Waals surface area (Å²) in [4.78, 5) is 54.1. The number of nitrogens with two attached hydrogens (primary N) is 1. The van der Waals surface area contributed by atoms with Crippen molar-refractivity contribution in [2.75, 3.05) is 26.2 Å². The Morgan fingerprint density at radius 2 is 1.69 bits per heavy atom. The van der Waals surface area contributed by atoms with Crippen LogP contribution in [-0.2, 0) is 16.0 Å². The van der Waals surface area contributed by atoms with E-state index in [9.17, 15) is 24.3 Å². The van der Waals surface area contributed by atoms with Gasteiger partial charge in [-0.05, 0) is 56.3 Å². The average molecular weight is 495 g/mol. The number of nitrogens with zero attached hydrogens (tertiary/aromatic N) is 2. The summed E-state index contributed by atoms with van der Waals surface area (Å²) in [6.07, 6.45) is 2.50. The lowest BCUT2D eigenvalue weighted by atomic mass is 10.0. The van der Waals surface area contributed by atoms with Crippen molar-refractivity contribution >= 4 is 23.7 Å². The fraction of sp³-hybridized carbons (Fsp3) is 0.407. The highest BCUT2D eigenvalue weighted by atomic mass is 16.4. The fourth-order valence-corrected chi connectivity index (χ4v) is 4.35. The molecule has 3 amide bonds. The van der Waals surface area contributed by atoms with Crippen LogP contribution in [0.15, 0.2) is 60.7 Å². The lowest BCUT2D eigenvalue weighted by Crippen LogP contribution is -2.52. The number of amides is 3. The molecule has 192 valence electrons. The summed E-state index contributed by atoms with van der Waals surface area (Å²) in [6.45, 7) is 0.810. The summed E-state index contributed by atoms with van der Waals surface area (Å²) in [6, 6.07) is 15.7. The van der Waals surface area contributed by atoms with Crippen LogP contribution in [0.3, 0.4) is 0 Å². The summed E-state index contributed by atoms with van der Waals surface area (Å²) in [5.41, 5.74) is 6.92. The summed E-state index contributed by atoms with van der Waals surface area (Å²) < 4.78 is 0. The number of aliphatic carboxylic acids is 1. The number of hydrogen-bond donors (Lipinski definition) is 3. The first-order valence-electron chi connectivity index (χ1n) is 12.3. The number of nitrogens with one attached hydrogen (secondary N) is 1. The van der Waals surface area contributed by atoms with Crippen molar-refractivity contribution in [1.82, 2.24) is 15.1 Å². The first kappa shape index (κ1) is 26.9. The molecule has 0 aliphatic carbocycles. The van der Waals surface area contributed by atoms with Gasteiger partial charge >= 0.3 is 12.0 Å². The predicted molar refractivity (Wildman–Crippen MR) is 135 cm³/mol. The molecule has 0 bridgehead atoms. The SMILES string of the molecule is NCCCCN(CC(=O)C(Cc1ccccc1)NC(=O)c1ccccc1)C(=O)N1CCC[C@H]1C(=O)O. The van der Waals surface area contributed by atoms with Crippen molar-refractivity contribution < 1.29 is 24.3 Å². The van der Waals surface area contributed by atoms with Crippen molar-refractivity contribution in [3.63, 3.8) is 0 Å². The second-order valence-corrected chi connectivity index (χ2v) is 8.94. The van der Waals surface area contributed by atoms with Crippen molar-refractivity contribution in [2.24, 2.45) is 5.73 Å². The van der Waals surface area contributed by atoms with E-state index in [-0.39, 0.29) is 31.2 Å². The molecule has 1 aliphatic rings. The Morgan fingerprint density at radius 1 is 1.03 bits per heavy atom. The molecule has 1 heterocycles. The molecule has 2 aromatic carbocycles. The largest absolute Gasteiger partial charge is 0.480 e. The Hall–Kier alpha value is -3.72. The number of urea groups is 1. The number of rotatable bonds is 12. The number of carbonyl (C=O) groups is 4. The van der Waals surface area contributed by atoms with Crippen LogP contribution in [0.1, 0.15) is 41.6 Å². The third-order valence-electron chi connectivity index (χ3n) is 6.30. The summed E-state index contributed by atoms with van der Waals surface area (Å²) in [5.74, 6) is -1.75. The van der Waals surface area contributed by atoms with Gasteiger partial charge in [-0.2, -0.15) is 0 Å². The molecule has 0 aromatic heterocycles. The molecule has 2 aromatic rings. The van der Waals surface area contributed by atoms with Crippen LogP contribution < -0.4 is 11.1 Å². The third kappa shape index (κ3) is 7.39. The van der Waals surface area contributed by atoms with Gasteiger partial charge in [0, 0.05) is 18.7 Å². The molecule has 1 fully saturated rings. The summed E-state index contributed by atoms with van der Waals surface area (Å²) in [7, 11) is 0. The molecule has 1 saturated heterocycles. The Bertz CT molecular complexity index is 1030. The van der Waals surface area contributed by atoms with Crippen LogP contribution in [0.4, 0.5) is 4.79 Å². The number of carboxylic acids is 1. The van der Waals surface area contributed by atoms with Crippen LogP contribution in [0, 0.1) is 0 Å². The molecule has 0 spiro atoms. The first-order chi connectivity index (χ1) is 17.4. The van der Waals surface area contributed by atoms with E-state index in [2.05, 4.69) is 5.32 Å². The van der Waals surface area contributed by atoms with Crippen LogP contribution in [0.2, 0.25) is 0 Å². The van der Waals surface area contributed by atoms with Gasteiger partial charge in [0.05, 0.1) is 12.6 Å². The molecule has 9 heteroatoms. The second-order valence-electron chi connectivity index (χ2n) is 8.94. The predicted octanol–water partition coefficient (Wildman–Crippen LogP) is 2.31. The van der Waals surface area contributed by atoms with Gasteiger partial charge in [0.1, 0.15) is 6.04 Å². The van der Waals surface area contributed by atoms with Crippen LogP contribution in [-0.4, -0.2) is 76.9 Å². The van der Waals surface area contributed by atoms with E-state index in [0.29, 0.717) is 44.3 Å². The van der Waals surface area contributed by atoms with E-state index in [1.807, 2.05) is 30.3 Å². The monoisotopic (exact) mass is 494 g/mol. The van der Waals surface area contributed by atoms with Crippen molar-refractivity contribution in [3.8, 4) is 0 Å². The summed E-state index contributed by atoms with van der Waals surface area (Å²) >= 11 is 0. The van der Waals surface area contributed by atoms with Crippen molar-refractivity contribution in [2.45, 2.75) is 44.2 Å². The van der Waals surface area contributed by atoms with Crippen LogP contribution >= 0.6 is 0 Å². The smallest absolute Gasteiger partial charge is 0.326 e. The Kier molecular flexibility index (Phi) is 10.00. The normalized spacial score (nSPS) is 15.8. The zero-order chi connectivity index (χ0) is 25.9. The third-order valence-corrected chi connectivity index (χ3v) is 6.30. The number of hydrogen-bond acceptors (Lipinski definition) is 5. The van der Waals surface area contributed by atoms with Crippen molar-refractivity contribution in [1.29, 1.82) is 0 Å². The number of unbranched alkanes of at least 4 members (excludes halogenated alkanes) is 1. The van der Waals surface area contributed by atoms with Gasteiger partial charge in [0.2, 0.25) is 0 Å². The maximum absolute atomic E-state index is 13.5. The highest BCUT2D eigenvalue weighted by Crippen LogP contribution is 2.20. The quantitative estimate of drug-likeness (QED) is 0.388. The van der Waals surface area contributed by atoms with Crippen LogP contribution in [0.25, 0.3) is 0 Å². The molecule has 36 heavy (non-hydrogen) atoms. The Labute approximate surface area is 211 Å². The highest BCUT2D eigenvalue weighted by Gasteiger charge is 2.37. The second kappa shape index (κ2) is 13.4. The van der Waals surface area contributed by atoms with Gasteiger partial charge < -0.3 is 26.0 Å². The molecule has 1 aliphatic heterocycles. The lowest BCUT2D eigenvalue weighted by molar-refractivity contribution is -0.141. The molecular weight excluding hydrogens is 460 g/mol. The minimum Gasteiger partial charge on any atom is -0.480 e. The maximum atomic E-state index is 13.5. The molecule has 4 N–H and O–H groups in total. The van der Waals surface area contributed by atoms with E-state index in [4.69, 9.17) is 5.73 Å². The maximum Gasteiger partial charge on any atom is 0.326 e. The summed E-state index contributed by atoms with van der Waals surface area (Å²) in [5, 5.41) is 12.4. The lowest BCUT2D eigenvalue weighted by Gasteiger charge is -2.31. The number of ketones is 1. The Morgan fingerprint density at radius 3 is 2.33 bits per heavy atom. The zero-order valence-corrected chi connectivity index (χ0v) is 20.3. The molecule has 1 unspecified atom stereocenters. The topological polar surface area (TPSA) is 133 Å². The van der Waals surface area contributed by atoms with Gasteiger partial charge in [0.25, 0.3) is 5.91 Å². The minimum absolute atomic E-state index is 0.237. The fourth-order valence-electron chi connectivity index (χ4n) is 4.35. The van der Waals surface area contributed by atoms with E-state index in [1.54, 1.807) is 30.3 Å². The van der Waals surface area contributed by atoms with Crippen LogP contribution in [0.5, 0.6) is 0 Å². The van der Waals surface area contributed by atoms with E-state index >= 15 is 0 Å². The standard InChI is InChI=1S/C27H34N4O5/c28-15-7-8-16-30(27(36)31-17-9-14-23(31)26(34)35)19-24(32)22(18-20-10-3-1-4-11-20)29-25(33)21-12-5-2-6-13-21/h1-6,10-13,22-23H,7-9,14-19,28H2,(H,29,33)(H,34,35)/t22?,23-/m0/s1. The van der Waals surface area contributed by atoms with E-state index in [1.165, 1.54) is 9.80 Å². The zero-order valence-electron chi connectivity index (χ0n) is 20.3. The molecule has 3 rings (SSSR count). The number of likely N-dealkylation sites (tertiary alicyclic amines) is 1. The molecule has 9 nitrogen and oxygen atoms in total. The van der Waals surface area contributed by atoms with E-state index in [0.717, 1.165) is 5.56 Å². The molecule has 0 radical (unpaired) electrons. The number of Topliss-reactive ketones (excluding diaryl/α,β-unsaturated/α-hetero) is 1. The van der Waals surface area contributed by atoms with Gasteiger partial charge in [-0.25, -0.2) is 9.59 Å². The first-order valence-corrected chi connectivity index (χ1v) is 12.3. The number of carbonyl (C=O) groups excluding carboxylic acids is 3. The Balaban J connectivity index is 1.79. The average Bonchev–Trinajstić information content (AvgIpc) is 3.39. The van der Waals surface area contributed by atoms with Gasteiger partial charge in [-0.3, -0.25) is 9.59 Å². The number of carboxylic acid groups (broad SMARTS) is 1. The van der Waals surface area contributed by atoms with E-state index < -0.39 is 24.1 Å². The molecule has 0 saturated carbocycles. The molecular formula is C27H34N4O5. The molecule has 2 atom stereocenters. The highest BCUT2D eigenvalue weighted by molar-refractivity contribution is 5.99. The van der Waals surface area contributed by atoms with Gasteiger partial charge in [-0.15, -0.1) is 0 Å². The minimum atomic E-state index is -1.05.